The minimum atomic E-state index is 0.166. The van der Waals surface area contributed by atoms with Crippen LogP contribution in [-0.2, 0) is 5.41 Å². The number of aromatic nitrogens is 1. The van der Waals surface area contributed by atoms with Crippen molar-refractivity contribution in [3.8, 4) is 0 Å². The molecule has 0 bridgehead atoms. The van der Waals surface area contributed by atoms with Crippen LogP contribution in [0.2, 0.25) is 0 Å². The first-order valence-electron chi connectivity index (χ1n) is 6.24. The SMILES string of the molecule is CC(Cl)CCCNc1ccc(C(C)(C)C)cn1. The smallest absolute Gasteiger partial charge is 0.125 e. The molecule has 0 fully saturated rings. The lowest BCUT2D eigenvalue weighted by molar-refractivity contribution is 0.587. The van der Waals surface area contributed by atoms with Crippen molar-refractivity contribution in [2.45, 2.75) is 51.3 Å². The normalized spacial score (nSPS) is 13.5. The van der Waals surface area contributed by atoms with Crippen LogP contribution in [0.3, 0.4) is 0 Å². The first-order valence-corrected chi connectivity index (χ1v) is 6.67. The van der Waals surface area contributed by atoms with Crippen molar-refractivity contribution in [3.05, 3.63) is 23.9 Å². The third-order valence-electron chi connectivity index (χ3n) is 2.71. The molecule has 0 saturated carbocycles. The third-order valence-corrected chi connectivity index (χ3v) is 2.93. The van der Waals surface area contributed by atoms with Gasteiger partial charge in [0, 0.05) is 18.1 Å². The van der Waals surface area contributed by atoms with Crippen LogP contribution in [0.1, 0.15) is 46.1 Å². The average Bonchev–Trinajstić information content (AvgIpc) is 2.23. The molecule has 0 aliphatic heterocycles. The van der Waals surface area contributed by atoms with E-state index in [2.05, 4.69) is 37.1 Å². The highest BCUT2D eigenvalue weighted by molar-refractivity contribution is 6.20. The molecular formula is C14H23ClN2. The van der Waals surface area contributed by atoms with E-state index < -0.39 is 0 Å². The summed E-state index contributed by atoms with van der Waals surface area (Å²) in [4.78, 5) is 4.42. The first kappa shape index (κ1) is 14.3. The zero-order chi connectivity index (χ0) is 12.9. The van der Waals surface area contributed by atoms with Crippen LogP contribution in [0.4, 0.5) is 5.82 Å². The summed E-state index contributed by atoms with van der Waals surface area (Å²) in [5.41, 5.74) is 1.43. The van der Waals surface area contributed by atoms with Gasteiger partial charge in [0.25, 0.3) is 0 Å². The summed E-state index contributed by atoms with van der Waals surface area (Å²) in [6.07, 6.45) is 4.06. The van der Waals surface area contributed by atoms with Gasteiger partial charge in [-0.1, -0.05) is 26.8 Å². The lowest BCUT2D eigenvalue weighted by Gasteiger charge is -2.18. The molecule has 0 aliphatic rings. The molecule has 0 aliphatic carbocycles. The monoisotopic (exact) mass is 254 g/mol. The second-order valence-electron chi connectivity index (χ2n) is 5.53. The van der Waals surface area contributed by atoms with E-state index in [1.54, 1.807) is 0 Å². The summed E-state index contributed by atoms with van der Waals surface area (Å²) in [7, 11) is 0. The quantitative estimate of drug-likeness (QED) is 0.629. The van der Waals surface area contributed by atoms with Crippen LogP contribution in [0.15, 0.2) is 18.3 Å². The van der Waals surface area contributed by atoms with Gasteiger partial charge in [0.2, 0.25) is 0 Å². The molecule has 0 saturated heterocycles. The van der Waals surface area contributed by atoms with Crippen LogP contribution in [0, 0.1) is 0 Å². The highest BCUT2D eigenvalue weighted by Gasteiger charge is 2.13. The van der Waals surface area contributed by atoms with Gasteiger partial charge in [0.15, 0.2) is 0 Å². The molecule has 2 nitrogen and oxygen atoms in total. The molecule has 0 radical (unpaired) electrons. The van der Waals surface area contributed by atoms with Gasteiger partial charge < -0.3 is 5.32 Å². The molecule has 1 rings (SSSR count). The second kappa shape index (κ2) is 6.25. The van der Waals surface area contributed by atoms with Crippen LogP contribution < -0.4 is 5.32 Å². The van der Waals surface area contributed by atoms with Crippen molar-refractivity contribution in [3.63, 3.8) is 0 Å². The number of halogens is 1. The number of pyridine rings is 1. The standard InChI is InChI=1S/C14H23ClN2/c1-11(15)6-5-9-16-13-8-7-12(10-17-13)14(2,3)4/h7-8,10-11H,5-6,9H2,1-4H3,(H,16,17). The lowest BCUT2D eigenvalue weighted by atomic mass is 9.88. The molecule has 1 atom stereocenters. The van der Waals surface area contributed by atoms with Crippen molar-refractivity contribution in [2.24, 2.45) is 0 Å². The van der Waals surface area contributed by atoms with E-state index in [0.717, 1.165) is 25.2 Å². The number of rotatable bonds is 5. The Balaban J connectivity index is 2.41. The molecular weight excluding hydrogens is 232 g/mol. The third kappa shape index (κ3) is 5.40. The maximum absolute atomic E-state index is 5.89. The number of nitrogens with one attached hydrogen (secondary N) is 1. The predicted octanol–water partition coefficient (Wildman–Crippen LogP) is 4.20. The fourth-order valence-corrected chi connectivity index (χ4v) is 1.70. The molecule has 96 valence electrons. The Bertz CT molecular complexity index is 325. The molecule has 1 aromatic rings. The average molecular weight is 255 g/mol. The van der Waals surface area contributed by atoms with Crippen LogP contribution in [0.5, 0.6) is 0 Å². The van der Waals surface area contributed by atoms with Crippen LogP contribution in [-0.4, -0.2) is 16.9 Å². The van der Waals surface area contributed by atoms with Gasteiger partial charge in [-0.05, 0) is 36.8 Å². The van der Waals surface area contributed by atoms with E-state index in [4.69, 9.17) is 11.6 Å². The van der Waals surface area contributed by atoms with Gasteiger partial charge in [-0.15, -0.1) is 11.6 Å². The molecule has 0 spiro atoms. The zero-order valence-corrected chi connectivity index (χ0v) is 12.0. The Morgan fingerprint density at radius 2 is 2.06 bits per heavy atom. The Morgan fingerprint density at radius 1 is 1.35 bits per heavy atom. The molecule has 1 aromatic heterocycles. The summed E-state index contributed by atoms with van der Waals surface area (Å²) in [6.45, 7) is 9.54. The first-order chi connectivity index (χ1) is 7.89. The highest BCUT2D eigenvalue weighted by atomic mass is 35.5. The van der Waals surface area contributed by atoms with Crippen molar-refractivity contribution < 1.29 is 0 Å². The van der Waals surface area contributed by atoms with Gasteiger partial charge in [-0.2, -0.15) is 0 Å². The topological polar surface area (TPSA) is 24.9 Å². The van der Waals surface area contributed by atoms with Gasteiger partial charge in [-0.25, -0.2) is 4.98 Å². The summed E-state index contributed by atoms with van der Waals surface area (Å²) < 4.78 is 0. The van der Waals surface area contributed by atoms with Gasteiger partial charge in [-0.3, -0.25) is 0 Å². The maximum atomic E-state index is 5.89. The summed E-state index contributed by atoms with van der Waals surface area (Å²) in [5.74, 6) is 0.945. The van der Waals surface area contributed by atoms with Gasteiger partial charge in [0.1, 0.15) is 5.82 Å². The molecule has 3 heteroatoms. The van der Waals surface area contributed by atoms with Crippen molar-refractivity contribution in [1.29, 1.82) is 0 Å². The summed E-state index contributed by atoms with van der Waals surface area (Å²) >= 11 is 5.89. The van der Waals surface area contributed by atoms with Gasteiger partial charge >= 0.3 is 0 Å². The Hall–Kier alpha value is -0.760. The molecule has 0 amide bonds. The van der Waals surface area contributed by atoms with E-state index in [1.165, 1.54) is 5.56 Å². The number of anilines is 1. The molecule has 17 heavy (non-hydrogen) atoms. The minimum absolute atomic E-state index is 0.166. The van der Waals surface area contributed by atoms with Crippen LogP contribution in [0.25, 0.3) is 0 Å². The Kier molecular flexibility index (Phi) is 5.26. The van der Waals surface area contributed by atoms with E-state index in [-0.39, 0.29) is 10.8 Å². The Morgan fingerprint density at radius 3 is 2.53 bits per heavy atom. The van der Waals surface area contributed by atoms with E-state index in [9.17, 15) is 0 Å². The van der Waals surface area contributed by atoms with Crippen LogP contribution >= 0.6 is 11.6 Å². The van der Waals surface area contributed by atoms with Crippen molar-refractivity contribution in [1.82, 2.24) is 4.98 Å². The number of hydrogen-bond donors (Lipinski definition) is 1. The van der Waals surface area contributed by atoms with E-state index in [1.807, 2.05) is 19.2 Å². The predicted molar refractivity (Wildman–Crippen MR) is 76.0 cm³/mol. The van der Waals surface area contributed by atoms with Crippen molar-refractivity contribution >= 4 is 17.4 Å². The van der Waals surface area contributed by atoms with Gasteiger partial charge in [0.05, 0.1) is 0 Å². The molecule has 1 unspecified atom stereocenters. The van der Waals surface area contributed by atoms with E-state index in [0.29, 0.717) is 0 Å². The molecule has 0 aromatic carbocycles. The number of nitrogens with zero attached hydrogens (tertiary/aromatic N) is 1. The Labute approximate surface area is 110 Å². The highest BCUT2D eigenvalue weighted by Crippen LogP contribution is 2.21. The fraction of sp³-hybridized carbons (Fsp3) is 0.643. The van der Waals surface area contributed by atoms with Crippen molar-refractivity contribution in [2.75, 3.05) is 11.9 Å². The number of hydrogen-bond acceptors (Lipinski definition) is 2. The lowest BCUT2D eigenvalue weighted by Crippen LogP contribution is -2.12. The zero-order valence-electron chi connectivity index (χ0n) is 11.3. The largest absolute Gasteiger partial charge is 0.370 e. The number of alkyl halides is 1. The summed E-state index contributed by atoms with van der Waals surface area (Å²) in [6, 6.07) is 4.18. The minimum Gasteiger partial charge on any atom is -0.370 e. The fourth-order valence-electron chi connectivity index (χ4n) is 1.54. The van der Waals surface area contributed by atoms with E-state index >= 15 is 0 Å². The molecule has 1 N–H and O–H groups in total. The summed E-state index contributed by atoms with van der Waals surface area (Å²) in [5, 5.41) is 3.57. The molecule has 1 heterocycles. The second-order valence-corrected chi connectivity index (χ2v) is 6.28. The maximum Gasteiger partial charge on any atom is 0.125 e.